The van der Waals surface area contributed by atoms with Crippen LogP contribution in [0.4, 0.5) is 0 Å². The smallest absolute Gasteiger partial charge is 0.329 e. The number of carboxylic acid groups (broad SMARTS) is 1. The molecule has 0 saturated heterocycles. The summed E-state index contributed by atoms with van der Waals surface area (Å²) < 4.78 is 4.81. The molecule has 0 rings (SSSR count). The zero-order valence-corrected chi connectivity index (χ0v) is 9.03. The van der Waals surface area contributed by atoms with Crippen LogP contribution >= 0.6 is 0 Å². The van der Waals surface area contributed by atoms with Gasteiger partial charge >= 0.3 is 5.97 Å². The Balaban J connectivity index is 4.64. The van der Waals surface area contributed by atoms with Crippen LogP contribution in [0.2, 0.25) is 0 Å². The van der Waals surface area contributed by atoms with Crippen LogP contribution in [-0.2, 0) is 14.3 Å². The van der Waals surface area contributed by atoms with Crippen molar-refractivity contribution in [3.63, 3.8) is 0 Å². The summed E-state index contributed by atoms with van der Waals surface area (Å²) in [7, 11) is 1.51. The van der Waals surface area contributed by atoms with Gasteiger partial charge in [-0.1, -0.05) is 0 Å². The molecule has 14 heavy (non-hydrogen) atoms. The predicted octanol–water partition coefficient (Wildman–Crippen LogP) is 0.344. The quantitative estimate of drug-likeness (QED) is 0.700. The maximum absolute atomic E-state index is 11.2. The van der Waals surface area contributed by atoms with E-state index in [2.05, 4.69) is 0 Å². The van der Waals surface area contributed by atoms with Crippen molar-refractivity contribution >= 4 is 11.9 Å². The van der Waals surface area contributed by atoms with Crippen molar-refractivity contribution in [2.24, 2.45) is 0 Å². The fraction of sp³-hybridized carbons (Fsp3) is 0.778. The average molecular weight is 203 g/mol. The van der Waals surface area contributed by atoms with Crippen LogP contribution in [0.1, 0.15) is 20.8 Å². The first-order chi connectivity index (χ1) is 6.34. The van der Waals surface area contributed by atoms with Gasteiger partial charge in [-0.25, -0.2) is 4.79 Å². The third-order valence-electron chi connectivity index (χ3n) is 2.10. The zero-order valence-electron chi connectivity index (χ0n) is 9.03. The molecule has 0 aromatic carbocycles. The maximum Gasteiger partial charge on any atom is 0.329 e. The van der Waals surface area contributed by atoms with Crippen molar-refractivity contribution in [3.05, 3.63) is 0 Å². The van der Waals surface area contributed by atoms with E-state index in [1.54, 1.807) is 0 Å². The van der Waals surface area contributed by atoms with Crippen LogP contribution in [-0.4, -0.2) is 47.7 Å². The number of hydrogen-bond acceptors (Lipinski definition) is 3. The molecule has 5 heteroatoms. The molecule has 0 unspecified atom stereocenters. The van der Waals surface area contributed by atoms with Crippen LogP contribution in [0, 0.1) is 0 Å². The number of hydrogen-bond donors (Lipinski definition) is 1. The zero-order chi connectivity index (χ0) is 11.4. The summed E-state index contributed by atoms with van der Waals surface area (Å²) in [5.41, 5.74) is -1.19. The highest BCUT2D eigenvalue weighted by atomic mass is 16.5. The predicted molar refractivity (Wildman–Crippen MR) is 51.0 cm³/mol. The minimum absolute atomic E-state index is 0.269. The molecule has 0 fully saturated rings. The number of nitrogens with zero attached hydrogens (tertiary/aromatic N) is 1. The average Bonchev–Trinajstić information content (AvgIpc) is 2.03. The van der Waals surface area contributed by atoms with E-state index in [0.29, 0.717) is 6.61 Å². The molecule has 1 N–H and O–H groups in total. The molecule has 0 aromatic heterocycles. The topological polar surface area (TPSA) is 66.8 Å². The summed E-state index contributed by atoms with van der Waals surface area (Å²) in [6, 6.07) is 0. The molecule has 0 aromatic rings. The Hall–Kier alpha value is -1.10. The Morgan fingerprint density at radius 1 is 1.43 bits per heavy atom. The van der Waals surface area contributed by atoms with Gasteiger partial charge in [0, 0.05) is 20.6 Å². The van der Waals surface area contributed by atoms with E-state index < -0.39 is 11.5 Å². The monoisotopic (exact) mass is 203 g/mol. The van der Waals surface area contributed by atoms with Gasteiger partial charge in [0.15, 0.2) is 0 Å². The molecule has 0 saturated carbocycles. The van der Waals surface area contributed by atoms with Crippen LogP contribution in [0.25, 0.3) is 0 Å². The molecule has 0 aliphatic heterocycles. The first kappa shape index (κ1) is 12.9. The van der Waals surface area contributed by atoms with Gasteiger partial charge in [0.25, 0.3) is 0 Å². The highest BCUT2D eigenvalue weighted by Crippen LogP contribution is 2.14. The van der Waals surface area contributed by atoms with Gasteiger partial charge in [-0.15, -0.1) is 0 Å². The van der Waals surface area contributed by atoms with Gasteiger partial charge in [0.2, 0.25) is 5.91 Å². The second-order valence-corrected chi connectivity index (χ2v) is 3.53. The SMILES string of the molecule is COCCN(C(C)=O)C(C)(C)C(=O)O. The molecule has 0 spiro atoms. The van der Waals surface area contributed by atoms with E-state index >= 15 is 0 Å². The maximum atomic E-state index is 11.2. The van der Waals surface area contributed by atoms with Crippen molar-refractivity contribution in [1.82, 2.24) is 4.90 Å². The molecule has 0 heterocycles. The number of carbonyl (C=O) groups is 2. The van der Waals surface area contributed by atoms with Gasteiger partial charge < -0.3 is 14.7 Å². The summed E-state index contributed by atoms with van der Waals surface area (Å²) in [6.07, 6.45) is 0. The molecule has 5 nitrogen and oxygen atoms in total. The Bertz CT molecular complexity index is 225. The third-order valence-corrected chi connectivity index (χ3v) is 2.10. The molecule has 0 atom stereocenters. The summed E-state index contributed by atoms with van der Waals surface area (Å²) in [4.78, 5) is 23.4. The summed E-state index contributed by atoms with van der Waals surface area (Å²) in [5, 5.41) is 8.93. The number of amides is 1. The molecule has 82 valence electrons. The van der Waals surface area contributed by atoms with Crippen LogP contribution in [0.5, 0.6) is 0 Å². The largest absolute Gasteiger partial charge is 0.480 e. The second-order valence-electron chi connectivity index (χ2n) is 3.53. The highest BCUT2D eigenvalue weighted by Gasteiger charge is 2.35. The fourth-order valence-corrected chi connectivity index (χ4v) is 1.13. The normalized spacial score (nSPS) is 11.1. The van der Waals surface area contributed by atoms with Gasteiger partial charge in [0.05, 0.1) is 6.61 Å². The van der Waals surface area contributed by atoms with E-state index in [0.717, 1.165) is 0 Å². The lowest BCUT2D eigenvalue weighted by atomic mass is 10.0. The number of rotatable bonds is 5. The van der Waals surface area contributed by atoms with Crippen LogP contribution < -0.4 is 0 Å². The Kier molecular flexibility index (Phi) is 4.56. The van der Waals surface area contributed by atoms with E-state index in [9.17, 15) is 9.59 Å². The number of aliphatic carboxylic acids is 1. The molecular weight excluding hydrogens is 186 g/mol. The second kappa shape index (κ2) is 4.95. The van der Waals surface area contributed by atoms with Gasteiger partial charge in [0.1, 0.15) is 5.54 Å². The van der Waals surface area contributed by atoms with Gasteiger partial charge in [-0.3, -0.25) is 4.79 Å². The summed E-state index contributed by atoms with van der Waals surface area (Å²) in [6.45, 7) is 4.94. The third kappa shape index (κ3) is 2.99. The molecule has 0 aliphatic carbocycles. The van der Waals surface area contributed by atoms with Crippen molar-refractivity contribution in [1.29, 1.82) is 0 Å². The van der Waals surface area contributed by atoms with E-state index in [1.165, 1.54) is 32.8 Å². The molecule has 0 radical (unpaired) electrons. The molecule has 0 bridgehead atoms. The van der Waals surface area contributed by atoms with Gasteiger partial charge in [-0.05, 0) is 13.8 Å². The first-order valence-electron chi connectivity index (χ1n) is 4.34. The Morgan fingerprint density at radius 3 is 2.21 bits per heavy atom. The number of ether oxygens (including phenoxy) is 1. The Labute approximate surface area is 83.6 Å². The minimum atomic E-state index is -1.19. The first-order valence-corrected chi connectivity index (χ1v) is 4.34. The number of methoxy groups -OCH3 is 1. The molecular formula is C9H17NO4. The lowest BCUT2D eigenvalue weighted by Crippen LogP contribution is -2.53. The van der Waals surface area contributed by atoms with Crippen LogP contribution in [0.3, 0.4) is 0 Å². The highest BCUT2D eigenvalue weighted by molar-refractivity contribution is 5.85. The minimum Gasteiger partial charge on any atom is -0.480 e. The lowest BCUT2D eigenvalue weighted by Gasteiger charge is -2.34. The lowest BCUT2D eigenvalue weighted by molar-refractivity contribution is -0.156. The fourth-order valence-electron chi connectivity index (χ4n) is 1.13. The van der Waals surface area contributed by atoms with Crippen molar-refractivity contribution in [3.8, 4) is 0 Å². The number of carboxylic acids is 1. The van der Waals surface area contributed by atoms with E-state index in [-0.39, 0.29) is 12.5 Å². The number of carbonyl (C=O) groups excluding carboxylic acids is 1. The Morgan fingerprint density at radius 2 is 1.93 bits per heavy atom. The summed E-state index contributed by atoms with van der Waals surface area (Å²) >= 11 is 0. The van der Waals surface area contributed by atoms with E-state index in [1.807, 2.05) is 0 Å². The van der Waals surface area contributed by atoms with Crippen molar-refractivity contribution in [2.45, 2.75) is 26.3 Å². The van der Waals surface area contributed by atoms with Crippen molar-refractivity contribution < 1.29 is 19.4 Å². The van der Waals surface area contributed by atoms with Gasteiger partial charge in [-0.2, -0.15) is 0 Å². The summed E-state index contributed by atoms with van der Waals surface area (Å²) in [5.74, 6) is -1.29. The van der Waals surface area contributed by atoms with Crippen molar-refractivity contribution in [2.75, 3.05) is 20.3 Å². The molecule has 1 amide bonds. The van der Waals surface area contributed by atoms with E-state index in [4.69, 9.17) is 9.84 Å². The molecule has 0 aliphatic rings. The van der Waals surface area contributed by atoms with Crippen LogP contribution in [0.15, 0.2) is 0 Å². The standard InChI is InChI=1S/C9H17NO4/c1-7(11)10(5-6-14-4)9(2,3)8(12)13/h5-6H2,1-4H3,(H,12,13).